The van der Waals surface area contributed by atoms with Crippen molar-refractivity contribution in [1.82, 2.24) is 0 Å². The van der Waals surface area contributed by atoms with Crippen LogP contribution in [0.15, 0.2) is 176 Å². The van der Waals surface area contributed by atoms with Gasteiger partial charge in [-0.05, 0) is 216 Å². The molecule has 4 heteroatoms. The fraction of sp³-hybridized carbons (Fsp3) is 0.341. The monoisotopic (exact) mass is 1130 g/mol. The number of anilines is 9. The van der Waals surface area contributed by atoms with Crippen molar-refractivity contribution in [2.24, 2.45) is 0 Å². The van der Waals surface area contributed by atoms with Crippen LogP contribution in [0.3, 0.4) is 0 Å². The maximum Gasteiger partial charge on any atom is 0.252 e. The minimum Gasteiger partial charge on any atom is -0.311 e. The lowest BCUT2D eigenvalue weighted by Crippen LogP contribution is -2.62. The molecule has 9 aromatic rings. The van der Waals surface area contributed by atoms with Crippen molar-refractivity contribution in [3.8, 4) is 11.1 Å². The molecule has 3 nitrogen and oxygen atoms in total. The number of aryl methyl sites for hydroxylation is 2. The van der Waals surface area contributed by atoms with E-state index >= 15 is 0 Å². The molecule has 0 fully saturated rings. The SMILES string of the molecule is Cc1cc2c3c(c1)N(c1ccc(C(C)(C)C)cc1-c1ccccc1)c1ccc(N(c4ccc(C(C)(C)C)cc4)c4ccc(C(C)(C)C)cc4)cc1B3c1cc3c(cc1N2c1cc2c(cc1C)C(C)(C)CCC2(C)C)C(C)(C)c1ccccc1C3(C)C. The van der Waals surface area contributed by atoms with Crippen LogP contribution in [0, 0.1) is 13.8 Å². The fourth-order valence-electron chi connectivity index (χ4n) is 15.4. The van der Waals surface area contributed by atoms with E-state index in [4.69, 9.17) is 0 Å². The quantitative estimate of drug-likeness (QED) is 0.154. The topological polar surface area (TPSA) is 9.72 Å². The van der Waals surface area contributed by atoms with E-state index < -0.39 is 0 Å². The van der Waals surface area contributed by atoms with Gasteiger partial charge in [0.25, 0.3) is 6.71 Å². The van der Waals surface area contributed by atoms with Gasteiger partial charge in [-0.2, -0.15) is 0 Å². The van der Waals surface area contributed by atoms with Gasteiger partial charge in [-0.1, -0.05) is 215 Å². The second kappa shape index (κ2) is 19.5. The lowest BCUT2D eigenvalue weighted by molar-refractivity contribution is 0.332. The van der Waals surface area contributed by atoms with Gasteiger partial charge in [0, 0.05) is 61.9 Å². The summed E-state index contributed by atoms with van der Waals surface area (Å²) in [6.45, 7) is 45.2. The molecule has 0 saturated heterocycles. The largest absolute Gasteiger partial charge is 0.311 e. The normalized spacial score (nSPS) is 16.8. The van der Waals surface area contributed by atoms with Gasteiger partial charge < -0.3 is 14.7 Å². The lowest BCUT2D eigenvalue weighted by atomic mass is 9.33. The van der Waals surface area contributed by atoms with Gasteiger partial charge in [-0.25, -0.2) is 0 Å². The highest BCUT2D eigenvalue weighted by Gasteiger charge is 2.49. The molecule has 0 spiro atoms. The molecule has 2 aliphatic carbocycles. The summed E-state index contributed by atoms with van der Waals surface area (Å²) in [5.74, 6) is 0. The first kappa shape index (κ1) is 57.5. The summed E-state index contributed by atoms with van der Waals surface area (Å²) in [5.41, 5.74) is 31.8. The van der Waals surface area contributed by atoms with Crippen LogP contribution in [-0.2, 0) is 37.9 Å². The first-order valence-corrected chi connectivity index (χ1v) is 31.9. The molecule has 0 bridgehead atoms. The smallest absolute Gasteiger partial charge is 0.252 e. The summed E-state index contributed by atoms with van der Waals surface area (Å²) in [4.78, 5) is 7.91. The number of nitrogens with zero attached hydrogens (tertiary/aromatic N) is 3. The molecule has 0 aromatic heterocycles. The third-order valence-electron chi connectivity index (χ3n) is 20.8. The Bertz CT molecular complexity index is 4130. The molecular weight excluding hydrogens is 1040 g/mol. The van der Waals surface area contributed by atoms with Gasteiger partial charge in [-0.15, -0.1) is 0 Å². The van der Waals surface area contributed by atoms with Crippen molar-refractivity contribution >= 4 is 74.3 Å². The van der Waals surface area contributed by atoms with Gasteiger partial charge >= 0.3 is 0 Å². The molecule has 436 valence electrons. The Kier molecular flexibility index (Phi) is 13.0. The average Bonchev–Trinajstić information content (AvgIpc) is 0.690. The zero-order valence-corrected chi connectivity index (χ0v) is 55.1. The molecule has 0 N–H and O–H groups in total. The van der Waals surface area contributed by atoms with E-state index in [0.29, 0.717) is 0 Å². The Hall–Kier alpha value is -7.56. The van der Waals surface area contributed by atoms with E-state index in [2.05, 4.69) is 322 Å². The van der Waals surface area contributed by atoms with Crippen molar-refractivity contribution in [2.75, 3.05) is 14.7 Å². The van der Waals surface area contributed by atoms with Crippen LogP contribution in [0.4, 0.5) is 51.2 Å². The van der Waals surface area contributed by atoms with E-state index in [1.807, 2.05) is 0 Å². The Morgan fingerprint density at radius 1 is 0.372 bits per heavy atom. The van der Waals surface area contributed by atoms with Crippen LogP contribution in [0.1, 0.15) is 192 Å². The van der Waals surface area contributed by atoms with Gasteiger partial charge in [0.2, 0.25) is 0 Å². The molecule has 0 atom stereocenters. The van der Waals surface area contributed by atoms with Crippen molar-refractivity contribution in [1.29, 1.82) is 0 Å². The number of hydrogen-bond donors (Lipinski definition) is 0. The number of benzene rings is 9. The zero-order chi connectivity index (χ0) is 61.2. The molecule has 86 heavy (non-hydrogen) atoms. The van der Waals surface area contributed by atoms with Crippen molar-refractivity contribution in [3.63, 3.8) is 0 Å². The molecular formula is C82H90BN3. The predicted octanol–water partition coefficient (Wildman–Crippen LogP) is 20.7. The zero-order valence-electron chi connectivity index (χ0n) is 55.1. The molecule has 0 unspecified atom stereocenters. The van der Waals surface area contributed by atoms with Crippen LogP contribution in [0.5, 0.6) is 0 Å². The number of rotatable bonds is 6. The molecule has 2 heterocycles. The van der Waals surface area contributed by atoms with Crippen LogP contribution >= 0.6 is 0 Å². The summed E-state index contributed by atoms with van der Waals surface area (Å²) >= 11 is 0. The fourth-order valence-corrected chi connectivity index (χ4v) is 15.4. The highest BCUT2D eigenvalue weighted by molar-refractivity contribution is 7.00. The summed E-state index contributed by atoms with van der Waals surface area (Å²) in [7, 11) is 0. The average molecular weight is 1130 g/mol. The van der Waals surface area contributed by atoms with Crippen LogP contribution < -0.4 is 31.1 Å². The first-order chi connectivity index (χ1) is 40.4. The van der Waals surface area contributed by atoms with E-state index in [9.17, 15) is 0 Å². The molecule has 13 rings (SSSR count). The highest BCUT2D eigenvalue weighted by Crippen LogP contribution is 2.56. The van der Waals surface area contributed by atoms with E-state index in [1.165, 1.54) is 129 Å². The first-order valence-electron chi connectivity index (χ1n) is 31.9. The second-order valence-electron chi connectivity index (χ2n) is 31.5. The van der Waals surface area contributed by atoms with Crippen LogP contribution in [-0.4, -0.2) is 6.71 Å². The minimum absolute atomic E-state index is 0.0112. The third-order valence-corrected chi connectivity index (χ3v) is 20.8. The van der Waals surface area contributed by atoms with E-state index in [0.717, 1.165) is 23.5 Å². The Balaban J connectivity index is 1.16. The molecule has 0 amide bonds. The van der Waals surface area contributed by atoms with Crippen LogP contribution in [0.25, 0.3) is 11.1 Å². The van der Waals surface area contributed by atoms with Gasteiger partial charge in [0.15, 0.2) is 0 Å². The molecule has 0 saturated carbocycles. The lowest BCUT2D eigenvalue weighted by Gasteiger charge is -2.49. The maximum atomic E-state index is 2.74. The molecule has 0 radical (unpaired) electrons. The summed E-state index contributed by atoms with van der Waals surface area (Å²) < 4.78 is 0. The second-order valence-corrected chi connectivity index (χ2v) is 31.5. The Morgan fingerprint density at radius 3 is 1.35 bits per heavy atom. The van der Waals surface area contributed by atoms with Gasteiger partial charge in [0.1, 0.15) is 0 Å². The predicted molar refractivity (Wildman–Crippen MR) is 372 cm³/mol. The summed E-state index contributed by atoms with van der Waals surface area (Å²) in [6, 6.07) is 69.5. The molecule has 4 aliphatic rings. The third kappa shape index (κ3) is 9.12. The number of fused-ring (bicyclic) bond motifs is 7. The summed E-state index contributed by atoms with van der Waals surface area (Å²) in [5, 5.41) is 0. The van der Waals surface area contributed by atoms with E-state index in [1.54, 1.807) is 0 Å². The van der Waals surface area contributed by atoms with Crippen molar-refractivity contribution in [3.05, 3.63) is 237 Å². The van der Waals surface area contributed by atoms with E-state index in [-0.39, 0.29) is 44.6 Å². The Morgan fingerprint density at radius 2 is 0.814 bits per heavy atom. The highest BCUT2D eigenvalue weighted by atomic mass is 15.2. The standard InChI is InChI=1S/C82H90BN3/c1-51-43-73-75-74(44-51)86(71-49-64-63(45-52(71)2)79(12,13)41-42-80(64,14)15)72-50-66-65(81(16,17)61-27-23-24-28-62(61)82(66,18)19)48-68(72)83(75)67-47-59(84(57-34-29-54(30-35-57)76(3,4)5)58-36-31-55(32-37-58)77(6,7)8)38-40-70(67)85(73)69-39-33-56(78(9,10)11)46-60(69)53-25-21-20-22-26-53/h20-40,43-50H,41-42H2,1-19H3. The minimum atomic E-state index is -0.269. The number of hydrogen-bond acceptors (Lipinski definition) is 3. The maximum absolute atomic E-state index is 2.74. The van der Waals surface area contributed by atoms with Gasteiger partial charge in [0.05, 0.1) is 5.69 Å². The molecule has 2 aliphatic heterocycles. The summed E-state index contributed by atoms with van der Waals surface area (Å²) in [6.07, 6.45) is 2.32. The van der Waals surface area contributed by atoms with Crippen molar-refractivity contribution in [2.45, 2.75) is 182 Å². The molecule has 9 aromatic carbocycles. The van der Waals surface area contributed by atoms with Gasteiger partial charge in [-0.3, -0.25) is 0 Å². The Labute approximate surface area is 516 Å². The van der Waals surface area contributed by atoms with Crippen molar-refractivity contribution < 1.29 is 0 Å². The van der Waals surface area contributed by atoms with Crippen LogP contribution in [0.2, 0.25) is 0 Å².